The molecule has 0 fully saturated rings. The van der Waals surface area contributed by atoms with Crippen LogP contribution in [-0.4, -0.2) is 37.9 Å². The number of hydrogen-bond donors (Lipinski definition) is 2. The standard InChI is InChI=1S/C7H15NO3/c1-11-5-3-2-4-8-6-7(9)10/h8H,2-6H2,1H3,(H,9,10). The number of methoxy groups -OCH3 is 1. The molecule has 0 saturated heterocycles. The number of carbonyl (C=O) groups is 1. The van der Waals surface area contributed by atoms with Crippen molar-refractivity contribution in [2.75, 3.05) is 26.8 Å². The highest BCUT2D eigenvalue weighted by atomic mass is 16.5. The van der Waals surface area contributed by atoms with Crippen LogP contribution in [0.5, 0.6) is 0 Å². The molecule has 0 aromatic rings. The van der Waals surface area contributed by atoms with E-state index in [0.29, 0.717) is 0 Å². The molecule has 0 bridgehead atoms. The van der Waals surface area contributed by atoms with E-state index in [0.717, 1.165) is 26.0 Å². The monoisotopic (exact) mass is 161 g/mol. The average Bonchev–Trinajstić information content (AvgIpc) is 1.96. The Kier molecular flexibility index (Phi) is 7.08. The fourth-order valence-electron chi connectivity index (χ4n) is 0.692. The first-order valence-electron chi connectivity index (χ1n) is 3.69. The van der Waals surface area contributed by atoms with Crippen molar-refractivity contribution in [3.8, 4) is 0 Å². The maximum Gasteiger partial charge on any atom is 0.317 e. The molecular formula is C7H15NO3. The fourth-order valence-corrected chi connectivity index (χ4v) is 0.692. The molecule has 0 atom stereocenters. The lowest BCUT2D eigenvalue weighted by molar-refractivity contribution is -0.135. The molecule has 4 nitrogen and oxygen atoms in total. The summed E-state index contributed by atoms with van der Waals surface area (Å²) in [6.45, 7) is 1.54. The molecule has 2 N–H and O–H groups in total. The second kappa shape index (κ2) is 7.50. The molecule has 11 heavy (non-hydrogen) atoms. The Hall–Kier alpha value is -0.610. The van der Waals surface area contributed by atoms with E-state index in [1.165, 1.54) is 0 Å². The van der Waals surface area contributed by atoms with E-state index in [-0.39, 0.29) is 6.54 Å². The molecule has 0 aromatic heterocycles. The number of aliphatic carboxylic acids is 1. The normalized spacial score (nSPS) is 9.91. The summed E-state index contributed by atoms with van der Waals surface area (Å²) < 4.78 is 4.83. The number of unbranched alkanes of at least 4 members (excludes halogenated alkanes) is 1. The van der Waals surface area contributed by atoms with Gasteiger partial charge in [0.15, 0.2) is 0 Å². The van der Waals surface area contributed by atoms with Crippen molar-refractivity contribution in [1.82, 2.24) is 5.32 Å². The summed E-state index contributed by atoms with van der Waals surface area (Å²) in [5.74, 6) is -0.809. The summed E-state index contributed by atoms with van der Waals surface area (Å²) in [6, 6.07) is 0. The van der Waals surface area contributed by atoms with Crippen molar-refractivity contribution in [1.29, 1.82) is 0 Å². The van der Waals surface area contributed by atoms with Crippen LogP contribution in [0.1, 0.15) is 12.8 Å². The van der Waals surface area contributed by atoms with E-state index in [9.17, 15) is 4.79 Å². The molecule has 0 aliphatic rings. The number of carboxylic acid groups (broad SMARTS) is 1. The topological polar surface area (TPSA) is 58.6 Å². The molecular weight excluding hydrogens is 146 g/mol. The Labute approximate surface area is 66.5 Å². The van der Waals surface area contributed by atoms with E-state index < -0.39 is 5.97 Å². The summed E-state index contributed by atoms with van der Waals surface area (Å²) in [7, 11) is 1.66. The maximum absolute atomic E-state index is 10.0. The average molecular weight is 161 g/mol. The molecule has 0 rings (SSSR count). The van der Waals surface area contributed by atoms with Gasteiger partial charge < -0.3 is 15.2 Å². The lowest BCUT2D eigenvalue weighted by atomic mass is 10.3. The maximum atomic E-state index is 10.0. The Morgan fingerprint density at radius 2 is 2.27 bits per heavy atom. The summed E-state index contributed by atoms with van der Waals surface area (Å²) in [4.78, 5) is 10.0. The first-order valence-corrected chi connectivity index (χ1v) is 3.69. The lowest BCUT2D eigenvalue weighted by Gasteiger charge is -2.00. The number of hydrogen-bond acceptors (Lipinski definition) is 3. The van der Waals surface area contributed by atoms with Gasteiger partial charge in [0, 0.05) is 13.7 Å². The van der Waals surface area contributed by atoms with E-state index in [2.05, 4.69) is 5.32 Å². The van der Waals surface area contributed by atoms with Gasteiger partial charge in [-0.15, -0.1) is 0 Å². The third-order valence-corrected chi connectivity index (χ3v) is 1.23. The van der Waals surface area contributed by atoms with E-state index in [4.69, 9.17) is 9.84 Å². The van der Waals surface area contributed by atoms with Crippen LogP contribution in [0.25, 0.3) is 0 Å². The van der Waals surface area contributed by atoms with Crippen LogP contribution < -0.4 is 5.32 Å². The van der Waals surface area contributed by atoms with Gasteiger partial charge in [-0.1, -0.05) is 0 Å². The quantitative estimate of drug-likeness (QED) is 0.519. The Morgan fingerprint density at radius 1 is 1.55 bits per heavy atom. The van der Waals surface area contributed by atoms with Crippen LogP contribution in [0.2, 0.25) is 0 Å². The minimum absolute atomic E-state index is 0.0486. The number of nitrogens with one attached hydrogen (secondary N) is 1. The van der Waals surface area contributed by atoms with Crippen molar-refractivity contribution in [2.24, 2.45) is 0 Å². The molecule has 0 heterocycles. The van der Waals surface area contributed by atoms with Crippen molar-refractivity contribution < 1.29 is 14.6 Å². The SMILES string of the molecule is COCCCCNCC(=O)O. The van der Waals surface area contributed by atoms with Gasteiger partial charge in [0.2, 0.25) is 0 Å². The van der Waals surface area contributed by atoms with Crippen LogP contribution in [0, 0.1) is 0 Å². The van der Waals surface area contributed by atoms with Gasteiger partial charge in [-0.05, 0) is 19.4 Å². The summed E-state index contributed by atoms with van der Waals surface area (Å²) >= 11 is 0. The van der Waals surface area contributed by atoms with Gasteiger partial charge in [-0.25, -0.2) is 0 Å². The number of ether oxygens (including phenoxy) is 1. The molecule has 4 heteroatoms. The molecule has 0 amide bonds. The third-order valence-electron chi connectivity index (χ3n) is 1.23. The molecule has 66 valence electrons. The smallest absolute Gasteiger partial charge is 0.317 e. The highest BCUT2D eigenvalue weighted by Gasteiger charge is 1.93. The number of carboxylic acids is 1. The largest absolute Gasteiger partial charge is 0.480 e. The molecule has 0 aromatic carbocycles. The molecule has 0 spiro atoms. The van der Waals surface area contributed by atoms with Gasteiger partial charge in [0.25, 0.3) is 0 Å². The lowest BCUT2D eigenvalue weighted by Crippen LogP contribution is -2.23. The molecule has 0 aliphatic heterocycles. The van der Waals surface area contributed by atoms with E-state index in [1.807, 2.05) is 0 Å². The van der Waals surface area contributed by atoms with Crippen molar-refractivity contribution >= 4 is 5.97 Å². The van der Waals surface area contributed by atoms with Crippen LogP contribution in [0.4, 0.5) is 0 Å². The highest BCUT2D eigenvalue weighted by molar-refractivity contribution is 5.68. The summed E-state index contributed by atoms with van der Waals surface area (Å²) in [5.41, 5.74) is 0. The van der Waals surface area contributed by atoms with Gasteiger partial charge in [0.05, 0.1) is 6.54 Å². The fraction of sp³-hybridized carbons (Fsp3) is 0.857. The van der Waals surface area contributed by atoms with E-state index in [1.54, 1.807) is 7.11 Å². The highest BCUT2D eigenvalue weighted by Crippen LogP contribution is 1.85. The molecule has 0 unspecified atom stereocenters. The molecule has 0 radical (unpaired) electrons. The first-order chi connectivity index (χ1) is 5.27. The van der Waals surface area contributed by atoms with Crippen molar-refractivity contribution in [3.63, 3.8) is 0 Å². The Morgan fingerprint density at radius 3 is 2.82 bits per heavy atom. The van der Waals surface area contributed by atoms with Crippen molar-refractivity contribution in [3.05, 3.63) is 0 Å². The van der Waals surface area contributed by atoms with Crippen LogP contribution in [0.3, 0.4) is 0 Å². The minimum Gasteiger partial charge on any atom is -0.480 e. The van der Waals surface area contributed by atoms with Crippen molar-refractivity contribution in [2.45, 2.75) is 12.8 Å². The zero-order chi connectivity index (χ0) is 8.53. The second-order valence-electron chi connectivity index (χ2n) is 2.27. The second-order valence-corrected chi connectivity index (χ2v) is 2.27. The molecule has 0 saturated carbocycles. The number of rotatable bonds is 7. The Bertz CT molecular complexity index is 106. The van der Waals surface area contributed by atoms with Gasteiger partial charge in [-0.2, -0.15) is 0 Å². The van der Waals surface area contributed by atoms with Crippen LogP contribution in [-0.2, 0) is 9.53 Å². The van der Waals surface area contributed by atoms with Gasteiger partial charge >= 0.3 is 5.97 Å². The predicted molar refractivity (Wildman–Crippen MR) is 41.6 cm³/mol. The minimum atomic E-state index is -0.809. The first kappa shape index (κ1) is 10.4. The van der Waals surface area contributed by atoms with Crippen LogP contribution >= 0.6 is 0 Å². The van der Waals surface area contributed by atoms with Gasteiger partial charge in [-0.3, -0.25) is 4.79 Å². The predicted octanol–water partition coefficient (Wildman–Crippen LogP) is 0.0872. The summed E-state index contributed by atoms with van der Waals surface area (Å²) in [5, 5.41) is 11.0. The van der Waals surface area contributed by atoms with E-state index >= 15 is 0 Å². The molecule has 0 aliphatic carbocycles. The van der Waals surface area contributed by atoms with Crippen LogP contribution in [0.15, 0.2) is 0 Å². The summed E-state index contributed by atoms with van der Waals surface area (Å²) in [6.07, 6.45) is 1.93. The zero-order valence-electron chi connectivity index (χ0n) is 6.80. The Balaban J connectivity index is 2.85. The third kappa shape index (κ3) is 9.39. The van der Waals surface area contributed by atoms with Gasteiger partial charge in [0.1, 0.15) is 0 Å². The zero-order valence-corrected chi connectivity index (χ0v) is 6.80.